The van der Waals surface area contributed by atoms with Gasteiger partial charge in [-0.15, -0.1) is 29.3 Å². The first-order chi connectivity index (χ1) is 14.9. The number of H-pyrrole nitrogens is 1. The molecule has 3 aromatic heterocycles. The van der Waals surface area contributed by atoms with Crippen LogP contribution in [-0.4, -0.2) is 30.6 Å². The maximum atomic E-state index is 12.8. The van der Waals surface area contributed by atoms with Crippen molar-refractivity contribution < 1.29 is 4.79 Å². The highest BCUT2D eigenvalue weighted by Crippen LogP contribution is 2.29. The number of anilines is 1. The Morgan fingerprint density at radius 3 is 2.87 bits per heavy atom. The minimum atomic E-state index is -0.231. The van der Waals surface area contributed by atoms with Crippen LogP contribution in [0.1, 0.15) is 26.9 Å². The second kappa shape index (κ2) is 9.23. The van der Waals surface area contributed by atoms with E-state index in [9.17, 15) is 4.79 Å². The first-order valence-electron chi connectivity index (χ1n) is 9.18. The first-order valence-corrected chi connectivity index (χ1v) is 11.7. The van der Waals surface area contributed by atoms with Crippen molar-refractivity contribution in [2.24, 2.45) is 0 Å². The number of hydrogen-bond donors (Lipinski definition) is 2. The molecule has 0 aliphatic rings. The summed E-state index contributed by atoms with van der Waals surface area (Å²) >= 11 is 13.9. The van der Waals surface area contributed by atoms with Gasteiger partial charge in [0.1, 0.15) is 15.7 Å². The van der Waals surface area contributed by atoms with E-state index < -0.39 is 0 Å². The van der Waals surface area contributed by atoms with Gasteiger partial charge in [0.15, 0.2) is 9.90 Å². The number of rotatable bonds is 7. The molecule has 2 N–H and O–H groups in total. The number of aromatic nitrogens is 5. The van der Waals surface area contributed by atoms with Gasteiger partial charge in [-0.25, -0.2) is 9.97 Å². The Labute approximate surface area is 196 Å². The number of benzene rings is 1. The number of carbonyl (C=O) groups excluding carboxylic acids is 1. The standard InChI is InChI=1S/C20H17ClN6OS3/c1-3-8-27-15(25-26-20(27)29)9-14-10-30-19(23-14)24-17(28)16-11(2)22-18(31-16)12-4-6-13(21)7-5-12/h3-7,10H,1,8-9H2,2H3,(H,26,29)(H,23,24,28). The lowest BCUT2D eigenvalue weighted by atomic mass is 10.2. The van der Waals surface area contributed by atoms with Gasteiger partial charge >= 0.3 is 0 Å². The van der Waals surface area contributed by atoms with Crippen molar-refractivity contribution in [3.63, 3.8) is 0 Å². The Bertz CT molecular complexity index is 1300. The molecule has 0 unspecified atom stereocenters. The van der Waals surface area contributed by atoms with Gasteiger partial charge in [0.25, 0.3) is 5.91 Å². The topological polar surface area (TPSA) is 88.5 Å². The summed E-state index contributed by atoms with van der Waals surface area (Å²) in [6.07, 6.45) is 2.25. The van der Waals surface area contributed by atoms with Gasteiger partial charge in [0, 0.05) is 22.5 Å². The Kier molecular flexibility index (Phi) is 6.42. The minimum Gasteiger partial charge on any atom is -0.300 e. The minimum absolute atomic E-state index is 0.231. The van der Waals surface area contributed by atoms with Crippen molar-refractivity contribution >= 4 is 57.5 Å². The lowest BCUT2D eigenvalue weighted by Gasteiger charge is -2.02. The fraction of sp³-hybridized carbons (Fsp3) is 0.150. The predicted molar refractivity (Wildman–Crippen MR) is 128 cm³/mol. The molecule has 0 spiro atoms. The molecule has 0 fully saturated rings. The zero-order chi connectivity index (χ0) is 22.0. The highest BCUT2D eigenvalue weighted by molar-refractivity contribution is 7.71. The SMILES string of the molecule is C=CCn1c(Cc2csc(NC(=O)c3sc(-c4ccc(Cl)cc4)nc3C)n2)n[nH]c1=S. The number of amides is 1. The van der Waals surface area contributed by atoms with Crippen LogP contribution in [0.15, 0.2) is 42.3 Å². The number of aromatic amines is 1. The molecule has 0 aliphatic carbocycles. The maximum absolute atomic E-state index is 12.8. The summed E-state index contributed by atoms with van der Waals surface area (Å²) in [7, 11) is 0. The van der Waals surface area contributed by atoms with Gasteiger partial charge < -0.3 is 0 Å². The van der Waals surface area contributed by atoms with Crippen LogP contribution in [0.25, 0.3) is 10.6 Å². The fourth-order valence-electron chi connectivity index (χ4n) is 2.89. The van der Waals surface area contributed by atoms with E-state index in [1.54, 1.807) is 18.2 Å². The van der Waals surface area contributed by atoms with E-state index in [1.165, 1.54) is 22.7 Å². The fourth-order valence-corrected chi connectivity index (χ4v) is 4.91. The van der Waals surface area contributed by atoms with Crippen LogP contribution < -0.4 is 5.32 Å². The molecule has 0 radical (unpaired) electrons. The van der Waals surface area contributed by atoms with Crippen LogP contribution in [0.4, 0.5) is 5.13 Å². The zero-order valence-corrected chi connectivity index (χ0v) is 19.6. The van der Waals surface area contributed by atoms with Crippen molar-refractivity contribution in [2.45, 2.75) is 19.9 Å². The van der Waals surface area contributed by atoms with E-state index in [2.05, 4.69) is 32.1 Å². The number of halogens is 1. The summed E-state index contributed by atoms with van der Waals surface area (Å²) in [5.41, 5.74) is 2.38. The molecule has 4 rings (SSSR count). The Morgan fingerprint density at radius 2 is 2.13 bits per heavy atom. The molecule has 1 aromatic carbocycles. The summed E-state index contributed by atoms with van der Waals surface area (Å²) in [5.74, 6) is 0.532. The third-order valence-electron chi connectivity index (χ3n) is 4.35. The monoisotopic (exact) mass is 488 g/mol. The normalized spacial score (nSPS) is 10.9. The molecule has 11 heteroatoms. The van der Waals surface area contributed by atoms with Crippen LogP contribution in [0.3, 0.4) is 0 Å². The van der Waals surface area contributed by atoms with Crippen molar-refractivity contribution in [3.8, 4) is 10.6 Å². The van der Waals surface area contributed by atoms with Crippen molar-refractivity contribution in [1.29, 1.82) is 0 Å². The number of nitrogens with zero attached hydrogens (tertiary/aromatic N) is 4. The first kappa shape index (κ1) is 21.6. The van der Waals surface area contributed by atoms with Crippen molar-refractivity contribution in [1.82, 2.24) is 24.7 Å². The molecule has 0 bridgehead atoms. The smallest absolute Gasteiger partial charge is 0.269 e. The molecule has 4 aromatic rings. The van der Waals surface area contributed by atoms with E-state index in [4.69, 9.17) is 23.8 Å². The molecule has 7 nitrogen and oxygen atoms in total. The summed E-state index contributed by atoms with van der Waals surface area (Å²) in [4.78, 5) is 22.4. The number of allylic oxidation sites excluding steroid dienone is 1. The Morgan fingerprint density at radius 1 is 1.35 bits per heavy atom. The second-order valence-electron chi connectivity index (χ2n) is 6.56. The van der Waals surface area contributed by atoms with Crippen LogP contribution >= 0.6 is 46.5 Å². The number of nitrogens with one attached hydrogen (secondary N) is 2. The quantitative estimate of drug-likeness (QED) is 0.264. The van der Waals surface area contributed by atoms with Crippen LogP contribution in [0.2, 0.25) is 5.02 Å². The molecular weight excluding hydrogens is 472 g/mol. The highest BCUT2D eigenvalue weighted by Gasteiger charge is 2.18. The lowest BCUT2D eigenvalue weighted by molar-refractivity contribution is 0.103. The summed E-state index contributed by atoms with van der Waals surface area (Å²) in [6.45, 7) is 6.13. The van der Waals surface area contributed by atoms with Gasteiger partial charge in [-0.3, -0.25) is 19.8 Å². The lowest BCUT2D eigenvalue weighted by Crippen LogP contribution is -2.11. The molecule has 31 heavy (non-hydrogen) atoms. The summed E-state index contributed by atoms with van der Waals surface area (Å²) in [5, 5.41) is 13.8. The maximum Gasteiger partial charge on any atom is 0.269 e. The van der Waals surface area contributed by atoms with E-state index in [-0.39, 0.29) is 5.91 Å². The van der Waals surface area contributed by atoms with Crippen LogP contribution in [0.5, 0.6) is 0 Å². The third-order valence-corrected chi connectivity index (χ3v) is 6.93. The number of hydrogen-bond acceptors (Lipinski definition) is 7. The molecule has 0 aliphatic heterocycles. The van der Waals surface area contributed by atoms with E-state index >= 15 is 0 Å². The number of thiazole rings is 2. The van der Waals surface area contributed by atoms with E-state index in [0.717, 1.165) is 22.1 Å². The van der Waals surface area contributed by atoms with Crippen molar-refractivity contribution in [2.75, 3.05) is 5.32 Å². The van der Waals surface area contributed by atoms with Gasteiger partial charge in [0.05, 0.1) is 17.8 Å². The Balaban J connectivity index is 1.48. The molecule has 0 saturated heterocycles. The third kappa shape index (κ3) is 4.82. The average Bonchev–Trinajstić information content (AvgIpc) is 3.44. The van der Waals surface area contributed by atoms with Gasteiger partial charge in [-0.05, 0) is 31.3 Å². The molecular formula is C20H17ClN6OS3. The predicted octanol–water partition coefficient (Wildman–Crippen LogP) is 5.51. The molecule has 3 heterocycles. The average molecular weight is 489 g/mol. The number of carbonyl (C=O) groups is 1. The molecule has 1 amide bonds. The van der Waals surface area contributed by atoms with Gasteiger partial charge in [-0.1, -0.05) is 29.8 Å². The van der Waals surface area contributed by atoms with Crippen molar-refractivity contribution in [3.05, 3.63) is 74.2 Å². The van der Waals surface area contributed by atoms with Gasteiger partial charge in [-0.2, -0.15) is 5.10 Å². The van der Waals surface area contributed by atoms with Crippen LogP contribution in [0, 0.1) is 11.7 Å². The molecule has 0 saturated carbocycles. The highest BCUT2D eigenvalue weighted by atomic mass is 35.5. The number of aryl methyl sites for hydroxylation is 1. The molecule has 158 valence electrons. The second-order valence-corrected chi connectivity index (χ2v) is 9.24. The van der Waals surface area contributed by atoms with E-state index in [0.29, 0.717) is 38.5 Å². The Hall–Kier alpha value is -2.66. The van der Waals surface area contributed by atoms with Gasteiger partial charge in [0.2, 0.25) is 0 Å². The van der Waals surface area contributed by atoms with E-state index in [1.807, 2.05) is 29.0 Å². The summed E-state index contributed by atoms with van der Waals surface area (Å²) in [6, 6.07) is 7.38. The van der Waals surface area contributed by atoms with Crippen LogP contribution in [-0.2, 0) is 13.0 Å². The zero-order valence-electron chi connectivity index (χ0n) is 16.4. The largest absolute Gasteiger partial charge is 0.300 e. The molecule has 0 atom stereocenters. The summed E-state index contributed by atoms with van der Waals surface area (Å²) < 4.78 is 2.40.